The summed E-state index contributed by atoms with van der Waals surface area (Å²) in [5.41, 5.74) is 2.02. The van der Waals surface area contributed by atoms with E-state index in [0.717, 1.165) is 68.9 Å². The molecule has 1 unspecified atom stereocenters. The third-order valence-corrected chi connectivity index (χ3v) is 4.98. The van der Waals surface area contributed by atoms with Gasteiger partial charge in [0.15, 0.2) is 0 Å². The van der Waals surface area contributed by atoms with Gasteiger partial charge in [-0.2, -0.15) is 0 Å². The van der Waals surface area contributed by atoms with Gasteiger partial charge < -0.3 is 14.4 Å². The Morgan fingerprint density at radius 1 is 1.23 bits per heavy atom. The van der Waals surface area contributed by atoms with Crippen LogP contribution in [0.2, 0.25) is 0 Å². The van der Waals surface area contributed by atoms with E-state index in [1.807, 2.05) is 19.1 Å². The van der Waals surface area contributed by atoms with Crippen molar-refractivity contribution in [3.05, 3.63) is 35.6 Å². The van der Waals surface area contributed by atoms with Crippen molar-refractivity contribution in [2.75, 3.05) is 37.6 Å². The summed E-state index contributed by atoms with van der Waals surface area (Å²) in [6, 6.07) is 8.28. The molecule has 0 radical (unpaired) electrons. The number of hydrogen-bond donors (Lipinski definition) is 0. The van der Waals surface area contributed by atoms with Crippen LogP contribution in [0.15, 0.2) is 35.6 Å². The molecule has 0 N–H and O–H groups in total. The molecule has 0 spiro atoms. The van der Waals surface area contributed by atoms with E-state index in [2.05, 4.69) is 35.8 Å². The first-order valence-corrected chi connectivity index (χ1v) is 9.67. The Morgan fingerprint density at radius 3 is 2.58 bits per heavy atom. The average molecular weight is 358 g/mol. The van der Waals surface area contributed by atoms with Gasteiger partial charge in [-0.05, 0) is 26.0 Å². The van der Waals surface area contributed by atoms with Crippen molar-refractivity contribution < 1.29 is 14.3 Å². The highest BCUT2D eigenvalue weighted by atomic mass is 16.5. The number of benzene rings is 1. The van der Waals surface area contributed by atoms with Crippen LogP contribution in [-0.2, 0) is 9.53 Å². The van der Waals surface area contributed by atoms with Gasteiger partial charge in [0.25, 0.3) is 0 Å². The lowest BCUT2D eigenvalue weighted by Crippen LogP contribution is -2.48. The Kier molecular flexibility index (Phi) is 6.20. The molecule has 3 rings (SSSR count). The van der Waals surface area contributed by atoms with Gasteiger partial charge in [0.1, 0.15) is 23.9 Å². The van der Waals surface area contributed by atoms with Gasteiger partial charge in [-0.15, -0.1) is 0 Å². The Labute approximate surface area is 156 Å². The molecule has 1 aromatic rings. The van der Waals surface area contributed by atoms with E-state index in [1.54, 1.807) is 0 Å². The molecule has 1 aromatic carbocycles. The maximum Gasteiger partial charge on any atom is 0.149 e. The fraction of sp³-hybridized carbons (Fsp3) is 0.571. The first-order chi connectivity index (χ1) is 12.6. The largest absolute Gasteiger partial charge is 0.493 e. The zero-order valence-corrected chi connectivity index (χ0v) is 16.1. The number of ether oxygens (including phenoxy) is 2. The maximum atomic E-state index is 11.2. The first kappa shape index (κ1) is 18.8. The average Bonchev–Trinajstić information content (AvgIpc) is 3.04. The van der Waals surface area contributed by atoms with Crippen LogP contribution in [0.4, 0.5) is 5.69 Å². The Morgan fingerprint density at radius 2 is 1.96 bits per heavy atom. The van der Waals surface area contributed by atoms with Crippen LogP contribution in [0.3, 0.4) is 0 Å². The van der Waals surface area contributed by atoms with Crippen molar-refractivity contribution in [3.8, 4) is 5.75 Å². The minimum absolute atomic E-state index is 0.119. The molecule has 1 saturated heterocycles. The molecule has 2 aliphatic heterocycles. The highest BCUT2D eigenvalue weighted by Crippen LogP contribution is 2.30. The van der Waals surface area contributed by atoms with Gasteiger partial charge in [0.2, 0.25) is 0 Å². The number of allylic oxidation sites excluding steroid dienone is 1. The summed E-state index contributed by atoms with van der Waals surface area (Å²) < 4.78 is 11.9. The summed E-state index contributed by atoms with van der Waals surface area (Å²) in [4.78, 5) is 16.0. The van der Waals surface area contributed by atoms with E-state index in [9.17, 15) is 4.79 Å². The van der Waals surface area contributed by atoms with E-state index < -0.39 is 0 Å². The molecule has 2 heterocycles. The molecule has 142 valence electrons. The topological polar surface area (TPSA) is 42.0 Å². The molecule has 0 bridgehead atoms. The van der Waals surface area contributed by atoms with Gasteiger partial charge in [-0.3, -0.25) is 9.69 Å². The summed E-state index contributed by atoms with van der Waals surface area (Å²) in [6.07, 6.45) is 2.79. The van der Waals surface area contributed by atoms with Crippen LogP contribution < -0.4 is 9.64 Å². The number of hydrogen-bond acceptors (Lipinski definition) is 5. The molecular weight excluding hydrogens is 328 g/mol. The smallest absolute Gasteiger partial charge is 0.149 e. The van der Waals surface area contributed by atoms with Crippen LogP contribution in [0.1, 0.15) is 33.6 Å². The zero-order valence-electron chi connectivity index (χ0n) is 16.1. The van der Waals surface area contributed by atoms with Crippen LogP contribution in [0, 0.1) is 0 Å². The number of carbonyl (C=O) groups is 1. The van der Waals surface area contributed by atoms with Gasteiger partial charge >= 0.3 is 0 Å². The Bertz CT molecular complexity index is 648. The second kappa shape index (κ2) is 8.58. The van der Waals surface area contributed by atoms with E-state index in [1.165, 1.54) is 5.69 Å². The van der Waals surface area contributed by atoms with Gasteiger partial charge in [0.05, 0.1) is 11.8 Å². The lowest BCUT2D eigenvalue weighted by molar-refractivity contribution is -0.105. The van der Waals surface area contributed by atoms with E-state index in [4.69, 9.17) is 9.47 Å². The molecule has 1 fully saturated rings. The van der Waals surface area contributed by atoms with Crippen LogP contribution in [-0.4, -0.2) is 56.1 Å². The Balaban J connectivity index is 1.53. The standard InChI is InChI=1S/C21H30N2O3/c1-4-20-17(15-24)13-18(26-20)14-22-9-11-23(12-10-22)19-7-5-6-8-21(19)25-16(2)3/h5-8,15-16,18H,4,9-14H2,1-3H3. The zero-order chi connectivity index (χ0) is 18.5. The number of piperazine rings is 1. The van der Waals surface area contributed by atoms with Gasteiger partial charge in [-0.25, -0.2) is 0 Å². The van der Waals surface area contributed by atoms with E-state index in [-0.39, 0.29) is 12.2 Å². The van der Waals surface area contributed by atoms with Crippen molar-refractivity contribution in [1.29, 1.82) is 0 Å². The number of nitrogens with zero attached hydrogens (tertiary/aromatic N) is 2. The normalized spacial score (nSPS) is 21.2. The molecule has 2 aliphatic rings. The Hall–Kier alpha value is -2.01. The van der Waals surface area contributed by atoms with Crippen molar-refractivity contribution in [1.82, 2.24) is 4.90 Å². The monoisotopic (exact) mass is 358 g/mol. The molecule has 26 heavy (non-hydrogen) atoms. The highest BCUT2D eigenvalue weighted by Gasteiger charge is 2.28. The predicted octanol–water partition coefficient (Wildman–Crippen LogP) is 3.25. The number of anilines is 1. The van der Waals surface area contributed by atoms with Crippen LogP contribution >= 0.6 is 0 Å². The van der Waals surface area contributed by atoms with Crippen molar-refractivity contribution in [3.63, 3.8) is 0 Å². The van der Waals surface area contributed by atoms with Gasteiger partial charge in [-0.1, -0.05) is 19.1 Å². The third-order valence-electron chi connectivity index (χ3n) is 4.98. The SMILES string of the molecule is CCC1=C(C=O)CC(CN2CCN(c3ccccc3OC(C)C)CC2)O1. The number of carbonyl (C=O) groups excluding carboxylic acids is 1. The fourth-order valence-electron chi connectivity index (χ4n) is 3.74. The van der Waals surface area contributed by atoms with Gasteiger partial charge in [0, 0.05) is 51.1 Å². The number of rotatable bonds is 7. The van der Waals surface area contributed by atoms with E-state index >= 15 is 0 Å². The summed E-state index contributed by atoms with van der Waals surface area (Å²) in [5.74, 6) is 1.84. The summed E-state index contributed by atoms with van der Waals surface area (Å²) in [6.45, 7) is 11.0. The lowest BCUT2D eigenvalue weighted by Gasteiger charge is -2.37. The van der Waals surface area contributed by atoms with Crippen LogP contribution in [0.25, 0.3) is 0 Å². The lowest BCUT2D eigenvalue weighted by atomic mass is 10.1. The van der Waals surface area contributed by atoms with E-state index in [0.29, 0.717) is 0 Å². The highest BCUT2D eigenvalue weighted by molar-refractivity contribution is 5.74. The molecule has 0 saturated carbocycles. The minimum atomic E-state index is 0.119. The summed E-state index contributed by atoms with van der Waals surface area (Å²) in [7, 11) is 0. The predicted molar refractivity (Wildman–Crippen MR) is 104 cm³/mol. The molecule has 5 heteroatoms. The summed E-state index contributed by atoms with van der Waals surface area (Å²) in [5, 5.41) is 0. The second-order valence-corrected chi connectivity index (χ2v) is 7.29. The molecule has 1 atom stereocenters. The minimum Gasteiger partial charge on any atom is -0.493 e. The molecular formula is C21H30N2O3. The maximum absolute atomic E-state index is 11.2. The molecule has 5 nitrogen and oxygen atoms in total. The number of para-hydroxylation sites is 2. The van der Waals surface area contributed by atoms with Crippen molar-refractivity contribution >= 4 is 12.0 Å². The molecule has 0 aromatic heterocycles. The fourth-order valence-corrected chi connectivity index (χ4v) is 3.74. The molecule has 0 amide bonds. The third kappa shape index (κ3) is 4.39. The quantitative estimate of drug-likeness (QED) is 0.700. The van der Waals surface area contributed by atoms with Crippen molar-refractivity contribution in [2.45, 2.75) is 45.8 Å². The van der Waals surface area contributed by atoms with Crippen LogP contribution in [0.5, 0.6) is 5.75 Å². The second-order valence-electron chi connectivity index (χ2n) is 7.29. The first-order valence-electron chi connectivity index (χ1n) is 9.67. The number of aldehydes is 1. The summed E-state index contributed by atoms with van der Waals surface area (Å²) >= 11 is 0. The van der Waals surface area contributed by atoms with Crippen molar-refractivity contribution in [2.24, 2.45) is 0 Å². The molecule has 0 aliphatic carbocycles.